The van der Waals surface area contributed by atoms with Crippen LogP contribution in [0.4, 0.5) is 0 Å². The number of benzene rings is 1. The van der Waals surface area contributed by atoms with Crippen molar-refractivity contribution in [2.45, 2.75) is 32.9 Å². The molecule has 1 N–H and O–H groups in total. The normalized spacial score (nSPS) is 17.4. The number of rotatable bonds is 5. The fourth-order valence-corrected chi connectivity index (χ4v) is 3.99. The van der Waals surface area contributed by atoms with E-state index in [2.05, 4.69) is 22.2 Å². The highest BCUT2D eigenvalue weighted by Crippen LogP contribution is 2.26. The van der Waals surface area contributed by atoms with Crippen LogP contribution in [0.25, 0.3) is 10.2 Å². The van der Waals surface area contributed by atoms with Gasteiger partial charge in [0.15, 0.2) is 12.3 Å². The molecule has 1 fully saturated rings. The number of carbonyl (C=O) groups excluding carboxylic acids is 1. The Balaban J connectivity index is 1.39. The Kier molecular flexibility index (Phi) is 5.09. The molecule has 3 heterocycles. The van der Waals surface area contributed by atoms with Gasteiger partial charge < -0.3 is 19.4 Å². The summed E-state index contributed by atoms with van der Waals surface area (Å²) in [5, 5.41) is 4.43. The Morgan fingerprint density at radius 1 is 1.44 bits per heavy atom. The molecule has 3 aromatic rings. The molecule has 0 radical (unpaired) electrons. The lowest BCUT2D eigenvalue weighted by molar-refractivity contribution is 0.0695. The molecule has 1 aliphatic heterocycles. The summed E-state index contributed by atoms with van der Waals surface area (Å²) in [6, 6.07) is 6.13. The van der Waals surface area contributed by atoms with Crippen molar-refractivity contribution in [2.24, 2.45) is 0 Å². The van der Waals surface area contributed by atoms with E-state index in [0.29, 0.717) is 36.5 Å². The first-order chi connectivity index (χ1) is 13.1. The lowest BCUT2D eigenvalue weighted by Crippen LogP contribution is -2.52. The minimum atomic E-state index is -0.0932. The second kappa shape index (κ2) is 7.66. The van der Waals surface area contributed by atoms with Gasteiger partial charge in [0, 0.05) is 31.7 Å². The number of hydrogen-bond donors (Lipinski definition) is 1. The van der Waals surface area contributed by atoms with Crippen LogP contribution in [0.2, 0.25) is 0 Å². The summed E-state index contributed by atoms with van der Waals surface area (Å²) in [6.45, 7) is 6.44. The van der Waals surface area contributed by atoms with E-state index >= 15 is 0 Å². The van der Waals surface area contributed by atoms with Crippen molar-refractivity contribution in [1.29, 1.82) is 0 Å². The first kappa shape index (κ1) is 17.9. The van der Waals surface area contributed by atoms with Crippen molar-refractivity contribution >= 4 is 27.5 Å². The molecule has 2 aromatic heterocycles. The predicted octanol–water partition coefficient (Wildman–Crippen LogP) is 3.00. The summed E-state index contributed by atoms with van der Waals surface area (Å²) in [6.07, 6.45) is 2.40. The molecule has 4 rings (SSSR count). The molecule has 7 nitrogen and oxygen atoms in total. The van der Waals surface area contributed by atoms with Crippen molar-refractivity contribution < 1.29 is 13.9 Å². The minimum absolute atomic E-state index is 0.0932. The van der Waals surface area contributed by atoms with Gasteiger partial charge in [-0.15, -0.1) is 11.3 Å². The van der Waals surface area contributed by atoms with Crippen molar-refractivity contribution in [1.82, 2.24) is 20.2 Å². The molecule has 1 aliphatic rings. The number of aryl methyl sites for hydroxylation is 1. The van der Waals surface area contributed by atoms with Gasteiger partial charge in [0.2, 0.25) is 5.89 Å². The van der Waals surface area contributed by atoms with Crippen LogP contribution >= 0.6 is 11.3 Å². The number of thiazole rings is 1. The van der Waals surface area contributed by atoms with E-state index in [-0.39, 0.29) is 12.5 Å². The lowest BCUT2D eigenvalue weighted by atomic mass is 10.1. The number of piperazine rings is 1. The first-order valence-electron chi connectivity index (χ1n) is 9.09. The number of carbonyl (C=O) groups is 1. The molecule has 0 saturated carbocycles. The van der Waals surface area contributed by atoms with Crippen LogP contribution in [0.5, 0.6) is 5.75 Å². The maximum absolute atomic E-state index is 12.6. The minimum Gasteiger partial charge on any atom is -0.484 e. The van der Waals surface area contributed by atoms with E-state index in [4.69, 9.17) is 9.15 Å². The van der Waals surface area contributed by atoms with Crippen molar-refractivity contribution in [3.05, 3.63) is 41.1 Å². The molecule has 1 atom stereocenters. The Labute approximate surface area is 161 Å². The van der Waals surface area contributed by atoms with Gasteiger partial charge in [-0.25, -0.2) is 9.97 Å². The molecule has 8 heteroatoms. The zero-order valence-electron chi connectivity index (χ0n) is 15.4. The second-order valence-corrected chi connectivity index (χ2v) is 7.82. The Bertz CT molecular complexity index is 951. The molecular formula is C19H22N4O3S. The molecule has 1 saturated heterocycles. The molecule has 0 bridgehead atoms. The largest absolute Gasteiger partial charge is 0.484 e. The average Bonchev–Trinajstić information content (AvgIpc) is 3.31. The highest BCUT2D eigenvalue weighted by atomic mass is 32.1. The van der Waals surface area contributed by atoms with Gasteiger partial charge in [-0.1, -0.05) is 6.92 Å². The van der Waals surface area contributed by atoms with Crippen molar-refractivity contribution in [2.75, 3.05) is 19.6 Å². The summed E-state index contributed by atoms with van der Waals surface area (Å²) in [5.74, 6) is 0.992. The van der Waals surface area contributed by atoms with Gasteiger partial charge in [0.1, 0.15) is 12.0 Å². The molecule has 1 aromatic carbocycles. The third-order valence-corrected chi connectivity index (χ3v) is 5.59. The molecule has 0 spiro atoms. The van der Waals surface area contributed by atoms with Gasteiger partial charge in [-0.3, -0.25) is 4.79 Å². The zero-order chi connectivity index (χ0) is 18.8. The Morgan fingerprint density at radius 3 is 3.19 bits per heavy atom. The first-order valence-corrected chi connectivity index (χ1v) is 9.91. The topological polar surface area (TPSA) is 80.5 Å². The second-order valence-electron chi connectivity index (χ2n) is 6.59. The van der Waals surface area contributed by atoms with Crippen LogP contribution in [0.15, 0.2) is 28.9 Å². The van der Waals surface area contributed by atoms with Gasteiger partial charge in [0.25, 0.3) is 5.91 Å². The van der Waals surface area contributed by atoms with Crippen LogP contribution in [0, 0.1) is 6.92 Å². The maximum Gasteiger partial charge on any atom is 0.275 e. The van der Waals surface area contributed by atoms with Crippen LogP contribution < -0.4 is 10.1 Å². The summed E-state index contributed by atoms with van der Waals surface area (Å²) in [7, 11) is 0. The third kappa shape index (κ3) is 3.96. The number of amides is 1. The van der Waals surface area contributed by atoms with E-state index < -0.39 is 0 Å². The number of hydrogen-bond acceptors (Lipinski definition) is 7. The molecule has 0 unspecified atom stereocenters. The standard InChI is InChI=1S/C19H22N4O3S/c1-3-13-9-23(7-6-20-13)19(24)16-10-26-18(22-16)11-25-14-4-5-17-15(8-14)21-12(2)27-17/h4-5,8,10,13,20H,3,6-7,9,11H2,1-2H3/t13-/m1/s1. The average molecular weight is 386 g/mol. The maximum atomic E-state index is 12.6. The van der Waals surface area contributed by atoms with Crippen LogP contribution in [-0.2, 0) is 6.61 Å². The van der Waals surface area contributed by atoms with Crippen LogP contribution in [0.3, 0.4) is 0 Å². The predicted molar refractivity (Wildman–Crippen MR) is 103 cm³/mol. The number of aromatic nitrogens is 2. The summed E-state index contributed by atoms with van der Waals surface area (Å²) < 4.78 is 12.3. The highest BCUT2D eigenvalue weighted by molar-refractivity contribution is 7.18. The highest BCUT2D eigenvalue weighted by Gasteiger charge is 2.25. The number of ether oxygens (including phenoxy) is 1. The molecule has 142 valence electrons. The lowest BCUT2D eigenvalue weighted by Gasteiger charge is -2.32. The molecular weight excluding hydrogens is 364 g/mol. The van der Waals surface area contributed by atoms with Gasteiger partial charge in [-0.05, 0) is 25.5 Å². The van der Waals surface area contributed by atoms with E-state index in [0.717, 1.165) is 28.2 Å². The smallest absolute Gasteiger partial charge is 0.275 e. The third-order valence-electron chi connectivity index (χ3n) is 4.63. The molecule has 0 aliphatic carbocycles. The summed E-state index contributed by atoms with van der Waals surface area (Å²) in [5.41, 5.74) is 1.25. The van der Waals surface area contributed by atoms with Crippen molar-refractivity contribution in [3.8, 4) is 5.75 Å². The monoisotopic (exact) mass is 386 g/mol. The van der Waals surface area contributed by atoms with E-state index in [9.17, 15) is 4.79 Å². The number of nitrogens with one attached hydrogen (secondary N) is 1. The van der Waals surface area contributed by atoms with E-state index in [1.165, 1.54) is 6.26 Å². The summed E-state index contributed by atoms with van der Waals surface area (Å²) >= 11 is 1.65. The summed E-state index contributed by atoms with van der Waals surface area (Å²) in [4.78, 5) is 23.2. The number of fused-ring (bicyclic) bond motifs is 1. The Morgan fingerprint density at radius 2 is 2.33 bits per heavy atom. The van der Waals surface area contributed by atoms with Crippen LogP contribution in [-0.4, -0.2) is 46.5 Å². The molecule has 27 heavy (non-hydrogen) atoms. The van der Waals surface area contributed by atoms with E-state index in [1.54, 1.807) is 11.3 Å². The number of nitrogens with zero attached hydrogens (tertiary/aromatic N) is 3. The fourth-order valence-electron chi connectivity index (χ4n) is 3.18. The van der Waals surface area contributed by atoms with Gasteiger partial charge in [0.05, 0.1) is 15.2 Å². The van der Waals surface area contributed by atoms with E-state index in [1.807, 2.05) is 30.0 Å². The molecule has 1 amide bonds. The van der Waals surface area contributed by atoms with Crippen LogP contribution in [0.1, 0.15) is 34.7 Å². The van der Waals surface area contributed by atoms with Crippen molar-refractivity contribution in [3.63, 3.8) is 0 Å². The fraction of sp³-hybridized carbons (Fsp3) is 0.421. The number of oxazole rings is 1. The Hall–Kier alpha value is -2.45. The quantitative estimate of drug-likeness (QED) is 0.726. The SMILES string of the molecule is CC[C@@H]1CN(C(=O)c2coc(COc3ccc4sc(C)nc4c3)n2)CCN1. The zero-order valence-corrected chi connectivity index (χ0v) is 16.2. The van der Waals surface area contributed by atoms with Gasteiger partial charge in [-0.2, -0.15) is 0 Å². The van der Waals surface area contributed by atoms with Gasteiger partial charge >= 0.3 is 0 Å².